The van der Waals surface area contributed by atoms with E-state index < -0.39 is 5.82 Å². The predicted octanol–water partition coefficient (Wildman–Crippen LogP) is 4.66. The van der Waals surface area contributed by atoms with Gasteiger partial charge in [0.05, 0.1) is 10.6 Å². The van der Waals surface area contributed by atoms with Crippen molar-refractivity contribution in [1.29, 1.82) is 0 Å². The summed E-state index contributed by atoms with van der Waals surface area (Å²) in [5.41, 5.74) is 4.12. The second-order valence-electron chi connectivity index (χ2n) is 4.85. The quantitative estimate of drug-likeness (QED) is 0.857. The fourth-order valence-corrected chi connectivity index (χ4v) is 2.48. The third kappa shape index (κ3) is 2.99. The number of hydrogen-bond acceptors (Lipinski definition) is 1. The minimum atomic E-state index is -0.464. The molecule has 0 aromatic heterocycles. The molecular weight excluding hydrogens is 277 g/mol. The van der Waals surface area contributed by atoms with E-state index >= 15 is 0 Å². The lowest BCUT2D eigenvalue weighted by molar-refractivity contribution is 0.102. The Hall–Kier alpha value is -1.87. The van der Waals surface area contributed by atoms with Gasteiger partial charge >= 0.3 is 0 Å². The van der Waals surface area contributed by atoms with E-state index in [-0.39, 0.29) is 16.5 Å². The minimum Gasteiger partial charge on any atom is -0.321 e. The standard InChI is InChI=1S/C16H15ClFNO/c1-9-6-10(2)15(11(3)7-9)19-16(20)13-5-4-12(18)8-14(13)17/h4-8H,1-3H3,(H,19,20). The normalized spacial score (nSPS) is 10.4. The molecule has 0 atom stereocenters. The van der Waals surface area contributed by atoms with E-state index in [4.69, 9.17) is 11.6 Å². The Morgan fingerprint density at radius 3 is 2.25 bits per heavy atom. The molecule has 0 fully saturated rings. The van der Waals surface area contributed by atoms with E-state index in [0.717, 1.165) is 28.4 Å². The summed E-state index contributed by atoms with van der Waals surface area (Å²) in [6.07, 6.45) is 0. The number of halogens is 2. The van der Waals surface area contributed by atoms with Gasteiger partial charge in [0.15, 0.2) is 0 Å². The molecule has 0 aliphatic heterocycles. The number of carbonyl (C=O) groups is 1. The number of amides is 1. The average molecular weight is 292 g/mol. The van der Waals surface area contributed by atoms with E-state index in [2.05, 4.69) is 5.32 Å². The highest BCUT2D eigenvalue weighted by Gasteiger charge is 2.13. The SMILES string of the molecule is Cc1cc(C)c(NC(=O)c2ccc(F)cc2Cl)c(C)c1. The van der Waals surface area contributed by atoms with Crippen LogP contribution >= 0.6 is 11.6 Å². The largest absolute Gasteiger partial charge is 0.321 e. The van der Waals surface area contributed by atoms with Gasteiger partial charge in [0.1, 0.15) is 5.82 Å². The zero-order valence-corrected chi connectivity index (χ0v) is 12.3. The van der Waals surface area contributed by atoms with Crippen molar-refractivity contribution in [2.75, 3.05) is 5.32 Å². The van der Waals surface area contributed by atoms with E-state index in [1.54, 1.807) is 0 Å². The number of hydrogen-bond donors (Lipinski definition) is 1. The summed E-state index contributed by atoms with van der Waals surface area (Å²) in [4.78, 5) is 12.2. The van der Waals surface area contributed by atoms with E-state index in [1.165, 1.54) is 12.1 Å². The first-order valence-electron chi connectivity index (χ1n) is 6.22. The smallest absolute Gasteiger partial charge is 0.257 e. The van der Waals surface area contributed by atoms with Gasteiger partial charge in [-0.25, -0.2) is 4.39 Å². The van der Waals surface area contributed by atoms with Crippen molar-refractivity contribution in [3.8, 4) is 0 Å². The number of benzene rings is 2. The van der Waals surface area contributed by atoms with Crippen LogP contribution in [-0.2, 0) is 0 Å². The molecular formula is C16H15ClFNO. The van der Waals surface area contributed by atoms with Crippen LogP contribution in [0.15, 0.2) is 30.3 Å². The maximum atomic E-state index is 13.0. The first-order chi connectivity index (χ1) is 9.38. The Morgan fingerprint density at radius 2 is 1.70 bits per heavy atom. The molecule has 1 N–H and O–H groups in total. The lowest BCUT2D eigenvalue weighted by Crippen LogP contribution is -2.14. The van der Waals surface area contributed by atoms with Crippen LogP contribution in [0.1, 0.15) is 27.0 Å². The van der Waals surface area contributed by atoms with E-state index in [9.17, 15) is 9.18 Å². The van der Waals surface area contributed by atoms with Gasteiger partial charge in [0.25, 0.3) is 5.91 Å². The van der Waals surface area contributed by atoms with Crippen LogP contribution in [0.25, 0.3) is 0 Å². The van der Waals surface area contributed by atoms with Crippen molar-refractivity contribution in [3.63, 3.8) is 0 Å². The lowest BCUT2D eigenvalue weighted by Gasteiger charge is -2.13. The van der Waals surface area contributed by atoms with E-state index in [0.29, 0.717) is 0 Å². The fourth-order valence-electron chi connectivity index (χ4n) is 2.23. The number of nitrogens with one attached hydrogen (secondary N) is 1. The molecule has 2 nitrogen and oxygen atoms in total. The van der Waals surface area contributed by atoms with Crippen LogP contribution in [0.4, 0.5) is 10.1 Å². The molecule has 0 spiro atoms. The van der Waals surface area contributed by atoms with Crippen LogP contribution in [0.5, 0.6) is 0 Å². The average Bonchev–Trinajstić information content (AvgIpc) is 2.33. The fraction of sp³-hybridized carbons (Fsp3) is 0.188. The van der Waals surface area contributed by atoms with Gasteiger partial charge < -0.3 is 5.32 Å². The molecule has 0 unspecified atom stereocenters. The predicted molar refractivity (Wildman–Crippen MR) is 80.0 cm³/mol. The maximum absolute atomic E-state index is 13.0. The number of aryl methyl sites for hydroxylation is 3. The topological polar surface area (TPSA) is 29.1 Å². The van der Waals surface area contributed by atoms with Crippen molar-refractivity contribution >= 4 is 23.2 Å². The Balaban J connectivity index is 2.33. The van der Waals surface area contributed by atoms with Crippen LogP contribution in [0.3, 0.4) is 0 Å². The van der Waals surface area contributed by atoms with Gasteiger partial charge in [-0.2, -0.15) is 0 Å². The molecule has 2 rings (SSSR count). The molecule has 20 heavy (non-hydrogen) atoms. The van der Waals surface area contributed by atoms with Crippen molar-refractivity contribution in [1.82, 2.24) is 0 Å². The first kappa shape index (κ1) is 14.5. The molecule has 2 aromatic carbocycles. The summed E-state index contributed by atoms with van der Waals surface area (Å²) < 4.78 is 13.0. The number of rotatable bonds is 2. The molecule has 0 heterocycles. The lowest BCUT2D eigenvalue weighted by atomic mass is 10.0. The first-order valence-corrected chi connectivity index (χ1v) is 6.60. The summed E-state index contributed by atoms with van der Waals surface area (Å²) >= 11 is 5.89. The van der Waals surface area contributed by atoms with Crippen molar-refractivity contribution in [2.24, 2.45) is 0 Å². The Morgan fingerprint density at radius 1 is 1.10 bits per heavy atom. The zero-order chi connectivity index (χ0) is 14.9. The van der Waals surface area contributed by atoms with Crippen LogP contribution in [0.2, 0.25) is 5.02 Å². The van der Waals surface area contributed by atoms with Crippen molar-refractivity contribution in [3.05, 3.63) is 63.4 Å². The molecule has 4 heteroatoms. The van der Waals surface area contributed by atoms with Gasteiger partial charge in [-0.3, -0.25) is 4.79 Å². The Bertz CT molecular complexity index is 659. The highest BCUT2D eigenvalue weighted by molar-refractivity contribution is 6.34. The molecule has 1 amide bonds. The Kier molecular flexibility index (Phi) is 4.09. The summed E-state index contributed by atoms with van der Waals surface area (Å²) in [6.45, 7) is 5.87. The molecule has 0 radical (unpaired) electrons. The molecule has 0 bridgehead atoms. The van der Waals surface area contributed by atoms with Gasteiger partial charge in [-0.15, -0.1) is 0 Å². The molecule has 0 saturated heterocycles. The summed E-state index contributed by atoms with van der Waals surface area (Å²) in [5.74, 6) is -0.806. The van der Waals surface area contributed by atoms with Crippen molar-refractivity contribution in [2.45, 2.75) is 20.8 Å². The molecule has 0 aliphatic rings. The summed E-state index contributed by atoms with van der Waals surface area (Å²) in [7, 11) is 0. The number of carbonyl (C=O) groups excluding carboxylic acids is 1. The monoisotopic (exact) mass is 291 g/mol. The van der Waals surface area contributed by atoms with Gasteiger partial charge in [-0.05, 0) is 50.1 Å². The molecule has 104 valence electrons. The minimum absolute atomic E-state index is 0.102. The highest BCUT2D eigenvalue weighted by atomic mass is 35.5. The van der Waals surface area contributed by atoms with Gasteiger partial charge in [0.2, 0.25) is 0 Å². The highest BCUT2D eigenvalue weighted by Crippen LogP contribution is 2.24. The maximum Gasteiger partial charge on any atom is 0.257 e. The van der Waals surface area contributed by atoms with Gasteiger partial charge in [-0.1, -0.05) is 29.3 Å². The third-order valence-electron chi connectivity index (χ3n) is 3.09. The van der Waals surface area contributed by atoms with Crippen LogP contribution < -0.4 is 5.32 Å². The Labute approximate surface area is 122 Å². The second-order valence-corrected chi connectivity index (χ2v) is 5.26. The second kappa shape index (κ2) is 5.63. The van der Waals surface area contributed by atoms with E-state index in [1.807, 2.05) is 32.9 Å². The van der Waals surface area contributed by atoms with Crippen LogP contribution in [0, 0.1) is 26.6 Å². The van der Waals surface area contributed by atoms with Crippen LogP contribution in [-0.4, -0.2) is 5.91 Å². The summed E-state index contributed by atoms with van der Waals surface area (Å²) in [5, 5.41) is 2.94. The van der Waals surface area contributed by atoms with Crippen molar-refractivity contribution < 1.29 is 9.18 Å². The third-order valence-corrected chi connectivity index (χ3v) is 3.40. The summed E-state index contributed by atoms with van der Waals surface area (Å²) in [6, 6.07) is 7.72. The van der Waals surface area contributed by atoms with Gasteiger partial charge in [0, 0.05) is 5.69 Å². The molecule has 2 aromatic rings. The molecule has 0 saturated carbocycles. The number of anilines is 1. The molecule has 0 aliphatic carbocycles. The zero-order valence-electron chi connectivity index (χ0n) is 11.6.